The van der Waals surface area contributed by atoms with E-state index in [1.807, 2.05) is 37.3 Å². The molecule has 1 aliphatic rings. The third-order valence-electron chi connectivity index (χ3n) is 6.01. The van der Waals surface area contributed by atoms with Gasteiger partial charge < -0.3 is 4.98 Å². The first-order valence-electron chi connectivity index (χ1n) is 10.3. The molecular weight excluding hydrogens is 396 g/mol. The first-order chi connectivity index (χ1) is 14.6. The van der Waals surface area contributed by atoms with Crippen molar-refractivity contribution in [3.05, 3.63) is 87.1 Å². The average molecular weight is 419 g/mol. The summed E-state index contributed by atoms with van der Waals surface area (Å²) >= 11 is 6.44. The van der Waals surface area contributed by atoms with Crippen LogP contribution in [0.25, 0.3) is 22.1 Å². The van der Waals surface area contributed by atoms with Gasteiger partial charge in [0.2, 0.25) is 0 Å². The lowest BCUT2D eigenvalue weighted by molar-refractivity contribution is 0.305. The fourth-order valence-electron chi connectivity index (χ4n) is 4.35. The highest BCUT2D eigenvalue weighted by molar-refractivity contribution is 6.36. The number of nitrogens with one attached hydrogen (secondary N) is 1. The summed E-state index contributed by atoms with van der Waals surface area (Å²) in [6, 6.07) is 11.6. The van der Waals surface area contributed by atoms with Gasteiger partial charge in [-0.2, -0.15) is 0 Å². The molecule has 6 heteroatoms. The first kappa shape index (κ1) is 19.1. The van der Waals surface area contributed by atoms with Gasteiger partial charge in [0.05, 0.1) is 5.02 Å². The molecule has 0 saturated heterocycles. The molecule has 0 saturated carbocycles. The fraction of sp³-hybridized carbons (Fsp3) is 0.250. The predicted octanol–water partition coefficient (Wildman–Crippen LogP) is 4.47. The number of hydrogen-bond acceptors (Lipinski definition) is 3. The second-order valence-electron chi connectivity index (χ2n) is 7.80. The molecule has 4 aromatic rings. The van der Waals surface area contributed by atoms with E-state index in [9.17, 15) is 4.79 Å². The van der Waals surface area contributed by atoms with Gasteiger partial charge in [0.1, 0.15) is 5.65 Å². The number of halogens is 1. The third-order valence-corrected chi connectivity index (χ3v) is 6.32. The van der Waals surface area contributed by atoms with E-state index in [2.05, 4.69) is 33.2 Å². The zero-order valence-electron chi connectivity index (χ0n) is 16.9. The number of hydrogen-bond donors (Lipinski definition) is 1. The molecule has 0 fully saturated rings. The second kappa shape index (κ2) is 7.74. The van der Waals surface area contributed by atoms with Crippen molar-refractivity contribution in [3.63, 3.8) is 0 Å². The van der Waals surface area contributed by atoms with E-state index in [1.54, 1.807) is 10.6 Å². The van der Waals surface area contributed by atoms with Gasteiger partial charge in [-0.25, -0.2) is 4.98 Å². The average Bonchev–Trinajstić information content (AvgIpc) is 3.20. The highest BCUT2D eigenvalue weighted by atomic mass is 35.5. The molecule has 0 atom stereocenters. The molecule has 0 bridgehead atoms. The van der Waals surface area contributed by atoms with Crippen molar-refractivity contribution in [1.82, 2.24) is 19.3 Å². The number of aromatic amines is 1. The maximum absolute atomic E-state index is 12.9. The maximum atomic E-state index is 12.9. The van der Waals surface area contributed by atoms with E-state index in [0.717, 1.165) is 53.2 Å². The van der Waals surface area contributed by atoms with E-state index >= 15 is 0 Å². The van der Waals surface area contributed by atoms with E-state index in [1.165, 1.54) is 11.1 Å². The minimum Gasteiger partial charge on any atom is -0.361 e. The summed E-state index contributed by atoms with van der Waals surface area (Å²) in [5.74, 6) is 0. The van der Waals surface area contributed by atoms with E-state index in [0.29, 0.717) is 12.1 Å². The van der Waals surface area contributed by atoms with Crippen LogP contribution in [0.15, 0.2) is 59.7 Å². The topological polar surface area (TPSA) is 53.4 Å². The number of aromatic nitrogens is 3. The van der Waals surface area contributed by atoms with Crippen LogP contribution in [0.4, 0.5) is 0 Å². The number of nitrogens with zero attached hydrogens (tertiary/aromatic N) is 3. The quantitative estimate of drug-likeness (QED) is 0.532. The Balaban J connectivity index is 1.33. The van der Waals surface area contributed by atoms with Crippen LogP contribution < -0.4 is 5.56 Å². The molecule has 4 heterocycles. The molecule has 5 rings (SSSR count). The molecule has 0 unspecified atom stereocenters. The number of H-pyrrole nitrogens is 1. The van der Waals surface area contributed by atoms with Crippen molar-refractivity contribution in [1.29, 1.82) is 0 Å². The van der Waals surface area contributed by atoms with E-state index in [-0.39, 0.29) is 5.56 Å². The van der Waals surface area contributed by atoms with E-state index in [4.69, 9.17) is 11.6 Å². The van der Waals surface area contributed by atoms with Crippen LogP contribution in [0, 0.1) is 6.92 Å². The maximum Gasteiger partial charge on any atom is 0.261 e. The monoisotopic (exact) mass is 418 g/mol. The van der Waals surface area contributed by atoms with Crippen molar-refractivity contribution >= 4 is 33.7 Å². The Bertz CT molecular complexity index is 1330. The standard InChI is InChI=1S/C24H23ClN4O/c1-16-18(24(30)29-11-3-2-7-22(29)27-16)10-14-28-12-8-17(9-13-28)19-15-26-21-6-4-5-20(25)23(19)21/h2-8,11,15,26H,9-10,12-14H2,1H3. The van der Waals surface area contributed by atoms with Crippen molar-refractivity contribution < 1.29 is 0 Å². The molecule has 5 nitrogen and oxygen atoms in total. The van der Waals surface area contributed by atoms with Gasteiger partial charge in [0.15, 0.2) is 0 Å². The Hall–Kier alpha value is -2.89. The number of aryl methyl sites for hydroxylation is 1. The van der Waals surface area contributed by atoms with Crippen molar-refractivity contribution in [3.8, 4) is 0 Å². The van der Waals surface area contributed by atoms with Crippen LogP contribution in [0.3, 0.4) is 0 Å². The van der Waals surface area contributed by atoms with Crippen LogP contribution >= 0.6 is 11.6 Å². The Morgan fingerprint density at radius 2 is 2.10 bits per heavy atom. The molecule has 3 aromatic heterocycles. The second-order valence-corrected chi connectivity index (χ2v) is 8.21. The molecule has 0 radical (unpaired) electrons. The lowest BCUT2D eigenvalue weighted by atomic mass is 9.98. The highest BCUT2D eigenvalue weighted by Gasteiger charge is 2.18. The van der Waals surface area contributed by atoms with Crippen LogP contribution in [0.5, 0.6) is 0 Å². The predicted molar refractivity (Wildman–Crippen MR) is 122 cm³/mol. The number of fused-ring (bicyclic) bond motifs is 2. The molecule has 1 N–H and O–H groups in total. The Labute approximate surface area is 179 Å². The molecular formula is C24H23ClN4O. The SMILES string of the molecule is Cc1nc2ccccn2c(=O)c1CCN1CC=C(c2c[nH]c3cccc(Cl)c23)CC1. The zero-order chi connectivity index (χ0) is 20.7. The molecule has 0 aliphatic carbocycles. The first-order valence-corrected chi connectivity index (χ1v) is 10.6. The van der Waals surface area contributed by atoms with Gasteiger partial charge in [-0.3, -0.25) is 14.1 Å². The molecule has 0 amide bonds. The summed E-state index contributed by atoms with van der Waals surface area (Å²) in [6.07, 6.45) is 7.80. The smallest absolute Gasteiger partial charge is 0.261 e. The van der Waals surface area contributed by atoms with Gasteiger partial charge in [0, 0.05) is 59.8 Å². The molecule has 0 spiro atoms. The van der Waals surface area contributed by atoms with Gasteiger partial charge in [-0.15, -0.1) is 0 Å². The van der Waals surface area contributed by atoms with Crippen LogP contribution in [0.2, 0.25) is 5.02 Å². The van der Waals surface area contributed by atoms with E-state index < -0.39 is 0 Å². The Morgan fingerprint density at radius 1 is 1.20 bits per heavy atom. The number of benzene rings is 1. The molecule has 30 heavy (non-hydrogen) atoms. The van der Waals surface area contributed by atoms with Crippen LogP contribution in [-0.4, -0.2) is 38.9 Å². The van der Waals surface area contributed by atoms with Gasteiger partial charge in [0.25, 0.3) is 5.56 Å². The zero-order valence-corrected chi connectivity index (χ0v) is 17.6. The summed E-state index contributed by atoms with van der Waals surface area (Å²) in [7, 11) is 0. The van der Waals surface area contributed by atoms with Gasteiger partial charge >= 0.3 is 0 Å². The Kier molecular flexibility index (Phi) is 4.93. The minimum atomic E-state index is 0.0415. The van der Waals surface area contributed by atoms with Crippen molar-refractivity contribution in [2.45, 2.75) is 19.8 Å². The number of rotatable bonds is 4. The lowest BCUT2D eigenvalue weighted by Crippen LogP contribution is -2.32. The molecule has 1 aromatic carbocycles. The van der Waals surface area contributed by atoms with Crippen LogP contribution in [-0.2, 0) is 6.42 Å². The molecule has 1 aliphatic heterocycles. The van der Waals surface area contributed by atoms with Crippen LogP contribution in [0.1, 0.15) is 23.2 Å². The lowest BCUT2D eigenvalue weighted by Gasteiger charge is -2.26. The van der Waals surface area contributed by atoms with Gasteiger partial charge in [-0.05, 0) is 49.6 Å². The van der Waals surface area contributed by atoms with Crippen molar-refractivity contribution in [2.75, 3.05) is 19.6 Å². The third kappa shape index (κ3) is 3.34. The summed E-state index contributed by atoms with van der Waals surface area (Å²) in [6.45, 7) is 4.60. The number of pyridine rings is 1. The minimum absolute atomic E-state index is 0.0415. The largest absolute Gasteiger partial charge is 0.361 e. The van der Waals surface area contributed by atoms with Gasteiger partial charge in [-0.1, -0.05) is 29.8 Å². The summed E-state index contributed by atoms with van der Waals surface area (Å²) in [5, 5.41) is 1.89. The summed E-state index contributed by atoms with van der Waals surface area (Å²) in [5.41, 5.74) is 5.97. The van der Waals surface area contributed by atoms with Crippen molar-refractivity contribution in [2.24, 2.45) is 0 Å². The normalized spacial score (nSPS) is 15.1. The summed E-state index contributed by atoms with van der Waals surface area (Å²) < 4.78 is 1.64. The highest BCUT2D eigenvalue weighted by Crippen LogP contribution is 2.33. The molecule has 152 valence electrons. The fourth-order valence-corrected chi connectivity index (χ4v) is 4.62. The Morgan fingerprint density at radius 3 is 2.93 bits per heavy atom. The summed E-state index contributed by atoms with van der Waals surface area (Å²) in [4.78, 5) is 23.2.